The van der Waals surface area contributed by atoms with E-state index in [2.05, 4.69) is 70.9 Å². The summed E-state index contributed by atoms with van der Waals surface area (Å²) in [6, 6.07) is 9.69. The lowest BCUT2D eigenvalue weighted by Crippen LogP contribution is -2.34. The van der Waals surface area contributed by atoms with Crippen molar-refractivity contribution < 1.29 is 0 Å². The molecule has 3 heteroatoms. The van der Waals surface area contributed by atoms with Crippen molar-refractivity contribution in [1.82, 2.24) is 5.32 Å². The predicted octanol–water partition coefficient (Wildman–Crippen LogP) is 4.74. The van der Waals surface area contributed by atoms with Crippen molar-refractivity contribution in [3.8, 4) is 0 Å². The molecule has 0 saturated carbocycles. The van der Waals surface area contributed by atoms with E-state index < -0.39 is 0 Å². The van der Waals surface area contributed by atoms with Crippen LogP contribution in [0.3, 0.4) is 0 Å². The van der Waals surface area contributed by atoms with E-state index in [1.165, 1.54) is 52.7 Å². The van der Waals surface area contributed by atoms with Crippen molar-refractivity contribution in [3.05, 3.63) is 33.4 Å². The minimum atomic E-state index is 0.656. The van der Waals surface area contributed by atoms with Crippen LogP contribution >= 0.6 is 34.4 Å². The molecule has 1 unspecified atom stereocenters. The third-order valence-electron chi connectivity index (χ3n) is 4.04. The molecule has 1 nitrogen and oxygen atoms in total. The molecule has 1 saturated heterocycles. The van der Waals surface area contributed by atoms with Crippen LogP contribution in [0, 0.1) is 9.49 Å². The highest BCUT2D eigenvalue weighted by Gasteiger charge is 2.19. The number of hydrogen-bond acceptors (Lipinski definition) is 2. The summed E-state index contributed by atoms with van der Waals surface area (Å²) in [6.45, 7) is 3.41. The maximum absolute atomic E-state index is 3.77. The molecule has 1 atom stereocenters. The number of halogens is 1. The van der Waals surface area contributed by atoms with Gasteiger partial charge in [0.1, 0.15) is 0 Å². The third kappa shape index (κ3) is 5.94. The first-order valence-electron chi connectivity index (χ1n) is 7.83. The smallest absolute Gasteiger partial charge is 0.0130 e. The minimum absolute atomic E-state index is 0.656. The van der Waals surface area contributed by atoms with Crippen molar-refractivity contribution in [2.45, 2.75) is 45.1 Å². The monoisotopic (exact) mass is 403 g/mol. The Bertz CT molecular complexity index is 373. The lowest BCUT2D eigenvalue weighted by Gasteiger charge is -2.27. The number of rotatable bonds is 7. The van der Waals surface area contributed by atoms with Gasteiger partial charge in [-0.05, 0) is 96.4 Å². The molecule has 0 radical (unpaired) electrons. The first kappa shape index (κ1) is 16.6. The van der Waals surface area contributed by atoms with E-state index >= 15 is 0 Å². The lowest BCUT2D eigenvalue weighted by atomic mass is 9.91. The number of hydrogen-bond donors (Lipinski definition) is 1. The Labute approximate surface area is 141 Å². The van der Waals surface area contributed by atoms with E-state index in [1.54, 1.807) is 0 Å². The molecule has 20 heavy (non-hydrogen) atoms. The second-order valence-electron chi connectivity index (χ2n) is 5.77. The van der Waals surface area contributed by atoms with Crippen LogP contribution in [-0.2, 0) is 6.42 Å². The summed E-state index contributed by atoms with van der Waals surface area (Å²) in [5, 5.41) is 3.77. The molecule has 1 heterocycles. The Hall–Kier alpha value is 0.260. The SMILES string of the molecule is CCCNC(Cc1ccc(I)cc1)CC1CCSCC1. The Kier molecular flexibility index (Phi) is 7.74. The molecular weight excluding hydrogens is 377 g/mol. The van der Waals surface area contributed by atoms with Gasteiger partial charge >= 0.3 is 0 Å². The quantitative estimate of drug-likeness (QED) is 0.661. The summed E-state index contributed by atoms with van der Waals surface area (Å²) < 4.78 is 1.33. The second kappa shape index (κ2) is 9.31. The van der Waals surface area contributed by atoms with Gasteiger partial charge in [-0.25, -0.2) is 0 Å². The molecule has 112 valence electrons. The van der Waals surface area contributed by atoms with Crippen LogP contribution in [0.2, 0.25) is 0 Å². The third-order valence-corrected chi connectivity index (χ3v) is 5.81. The molecule has 1 N–H and O–H groups in total. The topological polar surface area (TPSA) is 12.0 Å². The fraction of sp³-hybridized carbons (Fsp3) is 0.647. The van der Waals surface area contributed by atoms with Crippen molar-refractivity contribution >= 4 is 34.4 Å². The van der Waals surface area contributed by atoms with Crippen LogP contribution in [-0.4, -0.2) is 24.1 Å². The van der Waals surface area contributed by atoms with Crippen LogP contribution in [0.25, 0.3) is 0 Å². The van der Waals surface area contributed by atoms with Gasteiger partial charge in [-0.1, -0.05) is 19.1 Å². The van der Waals surface area contributed by atoms with Gasteiger partial charge in [0.2, 0.25) is 0 Å². The minimum Gasteiger partial charge on any atom is -0.314 e. The highest BCUT2D eigenvalue weighted by atomic mass is 127. The maximum Gasteiger partial charge on any atom is 0.0130 e. The fourth-order valence-corrected chi connectivity index (χ4v) is 4.44. The summed E-state index contributed by atoms with van der Waals surface area (Å²) in [5.41, 5.74) is 1.48. The van der Waals surface area contributed by atoms with Crippen LogP contribution in [0.15, 0.2) is 24.3 Å². The van der Waals surface area contributed by atoms with Gasteiger partial charge < -0.3 is 5.32 Å². The van der Waals surface area contributed by atoms with Gasteiger partial charge in [-0.3, -0.25) is 0 Å². The van der Waals surface area contributed by atoms with Crippen molar-refractivity contribution in [2.75, 3.05) is 18.1 Å². The molecule has 1 aromatic carbocycles. The largest absolute Gasteiger partial charge is 0.314 e. The average molecular weight is 403 g/mol. The fourth-order valence-electron chi connectivity index (χ4n) is 2.88. The molecule has 0 amide bonds. The number of benzene rings is 1. The second-order valence-corrected chi connectivity index (χ2v) is 8.24. The van der Waals surface area contributed by atoms with E-state index in [-0.39, 0.29) is 0 Å². The zero-order chi connectivity index (χ0) is 14.2. The van der Waals surface area contributed by atoms with E-state index in [1.807, 2.05) is 0 Å². The molecule has 1 aromatic rings. The van der Waals surface area contributed by atoms with Gasteiger partial charge in [0.25, 0.3) is 0 Å². The zero-order valence-electron chi connectivity index (χ0n) is 12.4. The van der Waals surface area contributed by atoms with Crippen LogP contribution in [0.4, 0.5) is 0 Å². The normalized spacial score (nSPS) is 18.1. The Morgan fingerprint density at radius 3 is 2.60 bits per heavy atom. The van der Waals surface area contributed by atoms with Gasteiger partial charge in [-0.2, -0.15) is 11.8 Å². The van der Waals surface area contributed by atoms with E-state index in [0.29, 0.717) is 6.04 Å². The lowest BCUT2D eigenvalue weighted by molar-refractivity contribution is 0.362. The summed E-state index contributed by atoms with van der Waals surface area (Å²) in [4.78, 5) is 0. The predicted molar refractivity (Wildman–Crippen MR) is 99.6 cm³/mol. The molecule has 0 spiro atoms. The van der Waals surface area contributed by atoms with Gasteiger partial charge in [0, 0.05) is 9.61 Å². The van der Waals surface area contributed by atoms with E-state index in [0.717, 1.165) is 12.5 Å². The van der Waals surface area contributed by atoms with E-state index in [4.69, 9.17) is 0 Å². The highest BCUT2D eigenvalue weighted by molar-refractivity contribution is 14.1. The van der Waals surface area contributed by atoms with Gasteiger partial charge in [-0.15, -0.1) is 0 Å². The van der Waals surface area contributed by atoms with Crippen molar-refractivity contribution in [2.24, 2.45) is 5.92 Å². The van der Waals surface area contributed by atoms with Gasteiger partial charge in [0.05, 0.1) is 0 Å². The molecular formula is C17H26INS. The van der Waals surface area contributed by atoms with Crippen LogP contribution in [0.1, 0.15) is 38.2 Å². The van der Waals surface area contributed by atoms with Crippen molar-refractivity contribution in [1.29, 1.82) is 0 Å². The van der Waals surface area contributed by atoms with Crippen LogP contribution < -0.4 is 5.32 Å². The van der Waals surface area contributed by atoms with Crippen molar-refractivity contribution in [3.63, 3.8) is 0 Å². The average Bonchev–Trinajstić information content (AvgIpc) is 2.48. The standard InChI is InChI=1S/C17H26INS/c1-2-9-19-17(13-15-7-10-20-11-8-15)12-14-3-5-16(18)6-4-14/h3-6,15,17,19H,2,7-13H2,1H3. The van der Waals surface area contributed by atoms with Crippen LogP contribution in [0.5, 0.6) is 0 Å². The molecule has 0 aromatic heterocycles. The first-order chi connectivity index (χ1) is 9.78. The summed E-state index contributed by atoms with van der Waals surface area (Å²) in [6.07, 6.45) is 6.60. The molecule has 1 aliphatic rings. The summed E-state index contributed by atoms with van der Waals surface area (Å²) in [5.74, 6) is 3.68. The highest BCUT2D eigenvalue weighted by Crippen LogP contribution is 2.27. The van der Waals surface area contributed by atoms with E-state index in [9.17, 15) is 0 Å². The molecule has 0 bridgehead atoms. The molecule has 1 aliphatic heterocycles. The molecule has 2 rings (SSSR count). The van der Waals surface area contributed by atoms with Gasteiger partial charge in [0.15, 0.2) is 0 Å². The first-order valence-corrected chi connectivity index (χ1v) is 10.1. The molecule has 1 fully saturated rings. The zero-order valence-corrected chi connectivity index (χ0v) is 15.4. The Balaban J connectivity index is 1.89. The molecule has 0 aliphatic carbocycles. The summed E-state index contributed by atoms with van der Waals surface area (Å²) >= 11 is 4.51. The number of nitrogens with one attached hydrogen (secondary N) is 1. The Morgan fingerprint density at radius 2 is 1.95 bits per heavy atom. The maximum atomic E-state index is 3.77. The summed E-state index contributed by atoms with van der Waals surface area (Å²) in [7, 11) is 0. The number of thioether (sulfide) groups is 1. The Morgan fingerprint density at radius 1 is 1.25 bits per heavy atom.